The Hall–Kier alpha value is -1.09. The van der Waals surface area contributed by atoms with E-state index in [2.05, 4.69) is 55.9 Å². The molecule has 1 aliphatic heterocycles. The lowest BCUT2D eigenvalue weighted by Crippen LogP contribution is -2.59. The summed E-state index contributed by atoms with van der Waals surface area (Å²) >= 11 is 0. The van der Waals surface area contributed by atoms with Crippen molar-refractivity contribution >= 4 is 5.69 Å². The molecule has 2 rings (SSSR count). The minimum atomic E-state index is 0.557. The van der Waals surface area contributed by atoms with Crippen molar-refractivity contribution in [2.75, 3.05) is 18.0 Å². The van der Waals surface area contributed by atoms with Gasteiger partial charge in [0.05, 0.1) is 11.9 Å². The molecule has 0 amide bonds. The van der Waals surface area contributed by atoms with Crippen molar-refractivity contribution < 1.29 is 0 Å². The van der Waals surface area contributed by atoms with Gasteiger partial charge in [0.2, 0.25) is 0 Å². The highest BCUT2D eigenvalue weighted by molar-refractivity contribution is 5.52. The fourth-order valence-corrected chi connectivity index (χ4v) is 3.19. The average molecular weight is 275 g/mol. The van der Waals surface area contributed by atoms with Crippen molar-refractivity contribution in [2.24, 2.45) is 11.8 Å². The van der Waals surface area contributed by atoms with Crippen molar-refractivity contribution in [2.45, 2.75) is 53.1 Å². The molecule has 2 unspecified atom stereocenters. The molecule has 2 atom stereocenters. The van der Waals surface area contributed by atoms with E-state index in [1.807, 2.05) is 12.4 Å². The van der Waals surface area contributed by atoms with Gasteiger partial charge in [-0.15, -0.1) is 0 Å². The SMILES string of the molecule is Cc1ccncc1N1CC(CC(C)C)NCC1C(C)C. The molecule has 1 aliphatic rings. The van der Waals surface area contributed by atoms with E-state index < -0.39 is 0 Å². The molecular weight excluding hydrogens is 246 g/mol. The summed E-state index contributed by atoms with van der Waals surface area (Å²) in [5.41, 5.74) is 2.64. The maximum atomic E-state index is 4.34. The second kappa shape index (κ2) is 6.57. The first-order valence-corrected chi connectivity index (χ1v) is 7.89. The van der Waals surface area contributed by atoms with Crippen LogP contribution in [0.1, 0.15) is 39.7 Å². The van der Waals surface area contributed by atoms with Gasteiger partial charge in [0.1, 0.15) is 0 Å². The molecule has 0 spiro atoms. The highest BCUT2D eigenvalue weighted by atomic mass is 15.2. The van der Waals surface area contributed by atoms with E-state index in [1.165, 1.54) is 17.7 Å². The average Bonchev–Trinajstić information content (AvgIpc) is 2.38. The lowest BCUT2D eigenvalue weighted by molar-refractivity contribution is 0.310. The number of aryl methyl sites for hydroxylation is 1. The zero-order chi connectivity index (χ0) is 14.7. The minimum absolute atomic E-state index is 0.557. The van der Waals surface area contributed by atoms with Crippen LogP contribution >= 0.6 is 0 Å². The predicted octanol–water partition coefficient (Wildman–Crippen LogP) is 3.24. The highest BCUT2D eigenvalue weighted by Gasteiger charge is 2.30. The molecule has 0 radical (unpaired) electrons. The second-order valence-corrected chi connectivity index (χ2v) is 6.86. The Morgan fingerprint density at radius 1 is 1.35 bits per heavy atom. The molecule has 1 fully saturated rings. The predicted molar refractivity (Wildman–Crippen MR) is 86.2 cm³/mol. The van der Waals surface area contributed by atoms with Gasteiger partial charge < -0.3 is 10.2 Å². The van der Waals surface area contributed by atoms with Crippen molar-refractivity contribution in [3.8, 4) is 0 Å². The van der Waals surface area contributed by atoms with Crippen LogP contribution in [0.15, 0.2) is 18.5 Å². The Bertz CT molecular complexity index is 428. The molecule has 3 heteroatoms. The third-order valence-corrected chi connectivity index (χ3v) is 4.28. The van der Waals surface area contributed by atoms with Crippen molar-refractivity contribution in [1.29, 1.82) is 0 Å². The summed E-state index contributed by atoms with van der Waals surface area (Å²) in [7, 11) is 0. The molecular formula is C17H29N3. The summed E-state index contributed by atoms with van der Waals surface area (Å²) < 4.78 is 0. The van der Waals surface area contributed by atoms with Gasteiger partial charge >= 0.3 is 0 Å². The van der Waals surface area contributed by atoms with E-state index in [0.29, 0.717) is 18.0 Å². The second-order valence-electron chi connectivity index (χ2n) is 6.86. The Morgan fingerprint density at radius 2 is 2.10 bits per heavy atom. The molecule has 0 bridgehead atoms. The number of piperazine rings is 1. The fourth-order valence-electron chi connectivity index (χ4n) is 3.19. The molecule has 2 heterocycles. The maximum absolute atomic E-state index is 4.34. The van der Waals surface area contributed by atoms with E-state index in [4.69, 9.17) is 0 Å². The molecule has 3 nitrogen and oxygen atoms in total. The molecule has 20 heavy (non-hydrogen) atoms. The van der Waals surface area contributed by atoms with Crippen LogP contribution in [0.5, 0.6) is 0 Å². The summed E-state index contributed by atoms with van der Waals surface area (Å²) in [4.78, 5) is 6.92. The van der Waals surface area contributed by atoms with E-state index in [1.54, 1.807) is 0 Å². The number of nitrogens with zero attached hydrogens (tertiary/aromatic N) is 2. The zero-order valence-electron chi connectivity index (χ0n) is 13.6. The Balaban J connectivity index is 2.21. The molecule has 1 N–H and O–H groups in total. The van der Waals surface area contributed by atoms with Gasteiger partial charge in [-0.25, -0.2) is 0 Å². The fraction of sp³-hybridized carbons (Fsp3) is 0.706. The first-order valence-electron chi connectivity index (χ1n) is 7.89. The van der Waals surface area contributed by atoms with Crippen molar-refractivity contribution in [3.63, 3.8) is 0 Å². The minimum Gasteiger partial charge on any atom is -0.364 e. The number of anilines is 1. The quantitative estimate of drug-likeness (QED) is 0.914. The van der Waals surface area contributed by atoms with Gasteiger partial charge in [-0.1, -0.05) is 27.7 Å². The Kier molecular flexibility index (Phi) is 5.03. The van der Waals surface area contributed by atoms with E-state index in [0.717, 1.165) is 19.0 Å². The summed E-state index contributed by atoms with van der Waals surface area (Å²) in [5.74, 6) is 1.38. The van der Waals surface area contributed by atoms with Gasteiger partial charge in [-0.3, -0.25) is 4.98 Å². The first kappa shape index (κ1) is 15.3. The Morgan fingerprint density at radius 3 is 2.70 bits per heavy atom. The lowest BCUT2D eigenvalue weighted by Gasteiger charge is -2.44. The monoisotopic (exact) mass is 275 g/mol. The molecule has 112 valence electrons. The Labute approximate surface area is 123 Å². The number of hydrogen-bond acceptors (Lipinski definition) is 3. The van der Waals surface area contributed by atoms with Crippen LogP contribution in [-0.4, -0.2) is 30.2 Å². The topological polar surface area (TPSA) is 28.2 Å². The number of hydrogen-bond donors (Lipinski definition) is 1. The summed E-state index contributed by atoms with van der Waals surface area (Å²) in [6, 6.07) is 3.26. The van der Waals surface area contributed by atoms with Crippen LogP contribution in [0.4, 0.5) is 5.69 Å². The molecule has 1 aromatic heterocycles. The molecule has 1 aromatic rings. The standard InChI is InChI=1S/C17H29N3/c1-12(2)8-15-11-20(16(10-19-15)13(3)4)17-9-18-7-6-14(17)5/h6-7,9,12-13,15-16,19H,8,10-11H2,1-5H3. The number of aromatic nitrogens is 1. The van der Waals surface area contributed by atoms with Crippen molar-refractivity contribution in [1.82, 2.24) is 10.3 Å². The van der Waals surface area contributed by atoms with Gasteiger partial charge in [-0.2, -0.15) is 0 Å². The highest BCUT2D eigenvalue weighted by Crippen LogP contribution is 2.27. The van der Waals surface area contributed by atoms with E-state index >= 15 is 0 Å². The van der Waals surface area contributed by atoms with Gasteiger partial charge in [0.25, 0.3) is 0 Å². The van der Waals surface area contributed by atoms with E-state index in [9.17, 15) is 0 Å². The van der Waals surface area contributed by atoms with Gasteiger partial charge in [0, 0.05) is 31.4 Å². The number of nitrogens with one attached hydrogen (secondary N) is 1. The third-order valence-electron chi connectivity index (χ3n) is 4.28. The van der Waals surface area contributed by atoms with E-state index in [-0.39, 0.29) is 0 Å². The molecule has 0 aliphatic carbocycles. The summed E-state index contributed by atoms with van der Waals surface area (Å²) in [5, 5.41) is 3.74. The normalized spacial score (nSPS) is 23.6. The molecule has 0 saturated carbocycles. The number of rotatable bonds is 4. The first-order chi connectivity index (χ1) is 9.49. The summed E-state index contributed by atoms with van der Waals surface area (Å²) in [6.45, 7) is 13.6. The van der Waals surface area contributed by atoms with Crippen LogP contribution in [0.25, 0.3) is 0 Å². The largest absolute Gasteiger partial charge is 0.364 e. The van der Waals surface area contributed by atoms with Gasteiger partial charge in [0.15, 0.2) is 0 Å². The molecule has 0 aromatic carbocycles. The van der Waals surface area contributed by atoms with Crippen LogP contribution in [0.2, 0.25) is 0 Å². The summed E-state index contributed by atoms with van der Waals surface area (Å²) in [6.07, 6.45) is 5.15. The smallest absolute Gasteiger partial charge is 0.0586 e. The van der Waals surface area contributed by atoms with Crippen LogP contribution in [0.3, 0.4) is 0 Å². The third kappa shape index (κ3) is 3.51. The zero-order valence-corrected chi connectivity index (χ0v) is 13.6. The van der Waals surface area contributed by atoms with Crippen molar-refractivity contribution in [3.05, 3.63) is 24.0 Å². The van der Waals surface area contributed by atoms with Gasteiger partial charge in [-0.05, 0) is 36.8 Å². The molecule has 1 saturated heterocycles. The van der Waals surface area contributed by atoms with Crippen LogP contribution in [-0.2, 0) is 0 Å². The van der Waals surface area contributed by atoms with Crippen LogP contribution < -0.4 is 10.2 Å². The number of pyridine rings is 1. The maximum Gasteiger partial charge on any atom is 0.0586 e. The van der Waals surface area contributed by atoms with Crippen LogP contribution in [0, 0.1) is 18.8 Å². The lowest BCUT2D eigenvalue weighted by atomic mass is 9.94.